The van der Waals surface area contributed by atoms with Gasteiger partial charge in [-0.3, -0.25) is 9.59 Å². The fraction of sp³-hybridized carbons (Fsp3) is 0.400. The van der Waals surface area contributed by atoms with Gasteiger partial charge in [-0.15, -0.1) is 0 Å². The Balaban J connectivity index is 1.54. The van der Waals surface area contributed by atoms with Crippen molar-refractivity contribution in [3.05, 3.63) is 81.6 Å². The summed E-state index contributed by atoms with van der Waals surface area (Å²) in [7, 11) is 0. The number of halogens is 3. The van der Waals surface area contributed by atoms with Crippen LogP contribution in [0.4, 0.5) is 10.1 Å². The third kappa shape index (κ3) is 4.32. The minimum atomic E-state index is -1.23. The molecule has 1 saturated carbocycles. The van der Waals surface area contributed by atoms with Crippen LogP contribution in [0.1, 0.15) is 62.1 Å². The molecule has 8 heteroatoms. The molecule has 38 heavy (non-hydrogen) atoms. The summed E-state index contributed by atoms with van der Waals surface area (Å²) >= 11 is 12.8. The number of carbonyl (C=O) groups excluding carboxylic acids is 2. The van der Waals surface area contributed by atoms with Crippen LogP contribution in [0, 0.1) is 11.8 Å². The van der Waals surface area contributed by atoms with Gasteiger partial charge in [0.15, 0.2) is 0 Å². The molecule has 1 saturated heterocycles. The number of fused-ring (bicyclic) bond motifs is 2. The Bertz CT molecular complexity index is 1350. The number of nitrogens with one attached hydrogen (secondary N) is 2. The van der Waals surface area contributed by atoms with Gasteiger partial charge in [0.05, 0.1) is 12.1 Å². The summed E-state index contributed by atoms with van der Waals surface area (Å²) in [6.07, 6.45) is 10.6. The number of hydrogen-bond acceptors (Lipinski definition) is 3. The van der Waals surface area contributed by atoms with E-state index in [1.165, 1.54) is 12.5 Å². The molecule has 6 rings (SSSR count). The van der Waals surface area contributed by atoms with Crippen molar-refractivity contribution < 1.29 is 18.7 Å². The normalized spacial score (nSPS) is 29.0. The maximum absolute atomic E-state index is 14.6. The van der Waals surface area contributed by atoms with Crippen molar-refractivity contribution in [2.24, 2.45) is 11.8 Å². The maximum atomic E-state index is 14.6. The Labute approximate surface area is 231 Å². The summed E-state index contributed by atoms with van der Waals surface area (Å²) in [6.45, 7) is 0. The van der Waals surface area contributed by atoms with E-state index in [2.05, 4.69) is 10.6 Å². The molecule has 4 atom stereocenters. The molecule has 2 fully saturated rings. The molecular formula is C30H29Cl2FN2O3. The SMILES string of the molecule is O=C1C[C@@H](C2C=CC=C(F)C2)[C@]2(C(=O)Nc3cc(Cl)ccc32)[C@@H](c2cc(Cl)ccc2OC2CCCCC2)N1. The molecule has 2 aromatic carbocycles. The highest BCUT2D eigenvalue weighted by molar-refractivity contribution is 6.31. The zero-order chi connectivity index (χ0) is 26.4. The average Bonchev–Trinajstić information content (AvgIpc) is 3.18. The first kappa shape index (κ1) is 25.4. The van der Waals surface area contributed by atoms with Gasteiger partial charge in [0.2, 0.25) is 11.8 Å². The number of carbonyl (C=O) groups is 2. The molecule has 2 heterocycles. The van der Waals surface area contributed by atoms with Crippen molar-refractivity contribution in [1.29, 1.82) is 0 Å². The summed E-state index contributed by atoms with van der Waals surface area (Å²) in [5, 5.41) is 7.13. The van der Waals surface area contributed by atoms with Crippen LogP contribution in [0.3, 0.4) is 0 Å². The number of benzene rings is 2. The van der Waals surface area contributed by atoms with E-state index in [0.29, 0.717) is 27.0 Å². The van der Waals surface area contributed by atoms with Crippen LogP contribution in [-0.2, 0) is 15.0 Å². The van der Waals surface area contributed by atoms with Crippen molar-refractivity contribution in [2.75, 3.05) is 5.32 Å². The van der Waals surface area contributed by atoms with Gasteiger partial charge in [0.25, 0.3) is 0 Å². The Morgan fingerprint density at radius 1 is 0.974 bits per heavy atom. The van der Waals surface area contributed by atoms with Gasteiger partial charge in [-0.25, -0.2) is 4.39 Å². The van der Waals surface area contributed by atoms with Crippen LogP contribution < -0.4 is 15.4 Å². The molecule has 1 unspecified atom stereocenters. The van der Waals surface area contributed by atoms with Crippen molar-refractivity contribution in [3.63, 3.8) is 0 Å². The van der Waals surface area contributed by atoms with Crippen molar-refractivity contribution in [1.82, 2.24) is 5.32 Å². The second-order valence-electron chi connectivity index (χ2n) is 10.8. The standard InChI is InChI=1S/C30H29Cl2FN2O3/c31-18-10-12-26(38-21-7-2-1-3-8-21)22(14-18)28-30(23-11-9-19(32)15-25(23)34-29(30)37)24(16-27(36)35-28)17-5-4-6-20(33)13-17/h4-6,9-12,14-15,17,21,24,28H,1-3,7-8,13,16H2,(H,34,37)(H,35,36)/t17?,24-,28+,30-/m0/s1. The fourth-order valence-corrected chi connectivity index (χ4v) is 7.21. The van der Waals surface area contributed by atoms with Gasteiger partial charge in [0, 0.05) is 34.1 Å². The molecule has 0 bridgehead atoms. The predicted octanol–water partition coefficient (Wildman–Crippen LogP) is 7.20. The minimum absolute atomic E-state index is 0.0544. The highest BCUT2D eigenvalue weighted by atomic mass is 35.5. The zero-order valence-corrected chi connectivity index (χ0v) is 22.3. The Morgan fingerprint density at radius 3 is 2.53 bits per heavy atom. The van der Waals surface area contributed by atoms with E-state index in [1.807, 2.05) is 18.2 Å². The third-order valence-corrected chi connectivity index (χ3v) is 8.98. The summed E-state index contributed by atoms with van der Waals surface area (Å²) in [4.78, 5) is 27.5. The number of piperidine rings is 1. The first-order valence-electron chi connectivity index (χ1n) is 13.3. The summed E-state index contributed by atoms with van der Waals surface area (Å²) in [6, 6.07) is 9.92. The first-order chi connectivity index (χ1) is 18.4. The van der Waals surface area contributed by atoms with Crippen LogP contribution in [-0.4, -0.2) is 17.9 Å². The van der Waals surface area contributed by atoms with Crippen LogP contribution in [0.5, 0.6) is 5.75 Å². The van der Waals surface area contributed by atoms with Crippen LogP contribution in [0.2, 0.25) is 10.0 Å². The second kappa shape index (κ2) is 10.0. The monoisotopic (exact) mass is 554 g/mol. The maximum Gasteiger partial charge on any atom is 0.237 e. The lowest BCUT2D eigenvalue weighted by Gasteiger charge is -2.49. The quantitative estimate of drug-likeness (QED) is 0.419. The van der Waals surface area contributed by atoms with Gasteiger partial charge in [-0.1, -0.05) is 47.8 Å². The molecule has 5 nitrogen and oxygen atoms in total. The lowest BCUT2D eigenvalue weighted by atomic mass is 9.57. The minimum Gasteiger partial charge on any atom is -0.490 e. The fourth-order valence-electron chi connectivity index (χ4n) is 6.86. The van der Waals surface area contributed by atoms with Crippen molar-refractivity contribution in [2.45, 2.75) is 62.5 Å². The predicted molar refractivity (Wildman–Crippen MR) is 146 cm³/mol. The Hall–Kier alpha value is -2.83. The van der Waals surface area contributed by atoms with Gasteiger partial charge in [-0.05, 0) is 79.5 Å². The summed E-state index contributed by atoms with van der Waals surface area (Å²) in [5.74, 6) is -0.991. The first-order valence-corrected chi connectivity index (χ1v) is 14.0. The largest absolute Gasteiger partial charge is 0.490 e. The average molecular weight is 555 g/mol. The summed E-state index contributed by atoms with van der Waals surface area (Å²) < 4.78 is 21.1. The molecule has 4 aliphatic rings. The highest BCUT2D eigenvalue weighted by Gasteiger charge is 2.62. The molecule has 0 radical (unpaired) electrons. The smallest absolute Gasteiger partial charge is 0.237 e. The van der Waals surface area contributed by atoms with Gasteiger partial charge in [0.1, 0.15) is 17.0 Å². The molecule has 1 spiro atoms. The second-order valence-corrected chi connectivity index (χ2v) is 11.6. The number of anilines is 1. The molecule has 2 amide bonds. The van der Waals surface area contributed by atoms with E-state index < -0.39 is 17.4 Å². The molecule has 2 N–H and O–H groups in total. The van der Waals surface area contributed by atoms with E-state index in [9.17, 15) is 14.0 Å². The molecule has 2 aliphatic carbocycles. The summed E-state index contributed by atoms with van der Waals surface area (Å²) in [5.41, 5.74) is 0.750. The lowest BCUT2D eigenvalue weighted by Crippen LogP contribution is -2.59. The molecule has 198 valence electrons. The zero-order valence-electron chi connectivity index (χ0n) is 20.8. The van der Waals surface area contributed by atoms with E-state index in [-0.39, 0.29) is 42.5 Å². The number of ether oxygens (including phenoxy) is 1. The number of allylic oxidation sites excluding steroid dienone is 4. The van der Waals surface area contributed by atoms with Crippen LogP contribution >= 0.6 is 23.2 Å². The van der Waals surface area contributed by atoms with Gasteiger partial charge >= 0.3 is 0 Å². The lowest BCUT2D eigenvalue weighted by molar-refractivity contribution is -0.135. The number of rotatable bonds is 4. The van der Waals surface area contributed by atoms with Crippen LogP contribution in [0.25, 0.3) is 0 Å². The molecule has 0 aromatic heterocycles. The van der Waals surface area contributed by atoms with Crippen molar-refractivity contribution >= 4 is 40.7 Å². The number of amides is 2. The topological polar surface area (TPSA) is 67.4 Å². The van der Waals surface area contributed by atoms with Crippen LogP contribution in [0.15, 0.2) is 60.5 Å². The highest BCUT2D eigenvalue weighted by Crippen LogP contribution is 2.58. The van der Waals surface area contributed by atoms with E-state index in [0.717, 1.165) is 31.2 Å². The molecule has 2 aliphatic heterocycles. The van der Waals surface area contributed by atoms with Gasteiger partial charge in [-0.2, -0.15) is 0 Å². The Morgan fingerprint density at radius 2 is 1.74 bits per heavy atom. The van der Waals surface area contributed by atoms with E-state index >= 15 is 0 Å². The molecular weight excluding hydrogens is 526 g/mol. The van der Waals surface area contributed by atoms with Gasteiger partial charge < -0.3 is 15.4 Å². The van der Waals surface area contributed by atoms with E-state index in [4.69, 9.17) is 27.9 Å². The number of hydrogen-bond donors (Lipinski definition) is 2. The third-order valence-electron chi connectivity index (χ3n) is 8.51. The van der Waals surface area contributed by atoms with Crippen molar-refractivity contribution in [3.8, 4) is 5.75 Å². The van der Waals surface area contributed by atoms with E-state index in [1.54, 1.807) is 30.3 Å². The Kier molecular flexibility index (Phi) is 6.73. The molecule has 2 aromatic rings.